The van der Waals surface area contributed by atoms with Gasteiger partial charge in [0.25, 0.3) is 0 Å². The van der Waals surface area contributed by atoms with Gasteiger partial charge in [-0.1, -0.05) is 214 Å². The summed E-state index contributed by atoms with van der Waals surface area (Å²) in [5, 5.41) is 2.33. The molecule has 0 bridgehead atoms. The number of hydrogen-bond donors (Lipinski definition) is 0. The number of hydrogen-bond acceptors (Lipinski definition) is 2. The van der Waals surface area contributed by atoms with Crippen molar-refractivity contribution in [3.05, 3.63) is 230 Å². The Morgan fingerprint density at radius 3 is 1.49 bits per heavy atom. The van der Waals surface area contributed by atoms with E-state index in [1.54, 1.807) is 0 Å². The number of rotatable bonds is 7. The summed E-state index contributed by atoms with van der Waals surface area (Å²) in [6.07, 6.45) is 0. The van der Waals surface area contributed by atoms with E-state index in [0.29, 0.717) is 5.82 Å². The van der Waals surface area contributed by atoms with Crippen LogP contribution in [0.25, 0.3) is 100 Å². The Hall–Kier alpha value is -7.68. The normalized spacial score (nSPS) is 12.6. The summed E-state index contributed by atoms with van der Waals surface area (Å²) in [5.74, 6) is 0.705. The smallest absolute Gasteiger partial charge is 0.160 e. The van der Waals surface area contributed by atoms with Gasteiger partial charge < -0.3 is 0 Å². The van der Waals surface area contributed by atoms with Crippen LogP contribution in [0.2, 0.25) is 0 Å². The highest BCUT2D eigenvalue weighted by molar-refractivity contribution is 6.05. The molecule has 0 N–H and O–H groups in total. The lowest BCUT2D eigenvalue weighted by molar-refractivity contribution is 0.662. The molecule has 1 heterocycles. The summed E-state index contributed by atoms with van der Waals surface area (Å²) in [6, 6.07) is 78.5. The second-order valence-electron chi connectivity index (χ2n) is 16.5. The van der Waals surface area contributed by atoms with Crippen LogP contribution in [0.1, 0.15) is 25.0 Å². The maximum atomic E-state index is 5.24. The summed E-state index contributed by atoms with van der Waals surface area (Å²) in [4.78, 5) is 10.4. The predicted octanol–water partition coefficient (Wildman–Crippen LogP) is 15.6. The molecule has 10 aromatic rings. The molecule has 2 nitrogen and oxygen atoms in total. The zero-order valence-corrected chi connectivity index (χ0v) is 34.2. The van der Waals surface area contributed by atoms with Gasteiger partial charge in [-0.25, -0.2) is 9.97 Å². The van der Waals surface area contributed by atoms with Gasteiger partial charge in [-0.3, -0.25) is 0 Å². The maximum absolute atomic E-state index is 5.24. The molecule has 0 saturated carbocycles. The van der Waals surface area contributed by atoms with Crippen LogP contribution in [0.4, 0.5) is 0 Å². The first kappa shape index (κ1) is 36.4. The fourth-order valence-electron chi connectivity index (χ4n) is 9.51. The van der Waals surface area contributed by atoms with Crippen molar-refractivity contribution >= 4 is 10.8 Å². The second kappa shape index (κ2) is 14.9. The van der Waals surface area contributed by atoms with Gasteiger partial charge in [0.1, 0.15) is 0 Å². The van der Waals surface area contributed by atoms with Crippen LogP contribution < -0.4 is 0 Å². The molecule has 0 atom stereocenters. The van der Waals surface area contributed by atoms with Crippen LogP contribution in [0.5, 0.6) is 0 Å². The zero-order valence-electron chi connectivity index (χ0n) is 34.2. The van der Waals surface area contributed by atoms with Gasteiger partial charge in [-0.2, -0.15) is 0 Å². The van der Waals surface area contributed by atoms with Gasteiger partial charge in [0.2, 0.25) is 0 Å². The van der Waals surface area contributed by atoms with Crippen LogP contribution in [0.15, 0.2) is 218 Å². The molecule has 0 aliphatic heterocycles. The third kappa shape index (κ3) is 6.45. The van der Waals surface area contributed by atoms with E-state index in [2.05, 4.69) is 214 Å². The van der Waals surface area contributed by atoms with E-state index >= 15 is 0 Å². The molecule has 0 fully saturated rings. The van der Waals surface area contributed by atoms with Gasteiger partial charge in [-0.15, -0.1) is 0 Å². The Morgan fingerprint density at radius 1 is 0.295 bits per heavy atom. The molecule has 0 saturated heterocycles. The Balaban J connectivity index is 0.981. The van der Waals surface area contributed by atoms with Crippen LogP contribution in [0, 0.1) is 0 Å². The summed E-state index contributed by atoms with van der Waals surface area (Å²) in [5.41, 5.74) is 19.9. The van der Waals surface area contributed by atoms with Crippen molar-refractivity contribution in [2.75, 3.05) is 0 Å². The minimum atomic E-state index is -0.0870. The lowest BCUT2D eigenvalue weighted by Crippen LogP contribution is -2.16. The van der Waals surface area contributed by atoms with Crippen molar-refractivity contribution in [1.82, 2.24) is 9.97 Å². The first-order valence-corrected chi connectivity index (χ1v) is 21.1. The lowest BCUT2D eigenvalue weighted by Gasteiger charge is -2.24. The highest BCUT2D eigenvalue weighted by atomic mass is 14.9. The lowest BCUT2D eigenvalue weighted by atomic mass is 9.78. The van der Waals surface area contributed by atoms with E-state index < -0.39 is 0 Å². The monoisotopic (exact) mass is 778 g/mol. The molecule has 0 unspecified atom stereocenters. The maximum Gasteiger partial charge on any atom is 0.160 e. The first-order chi connectivity index (χ1) is 30.0. The minimum absolute atomic E-state index is 0.0870. The van der Waals surface area contributed by atoms with E-state index in [4.69, 9.17) is 9.97 Å². The van der Waals surface area contributed by atoms with Crippen molar-refractivity contribution in [3.63, 3.8) is 0 Å². The molecule has 11 rings (SSSR count). The van der Waals surface area contributed by atoms with Gasteiger partial charge in [0.05, 0.1) is 11.4 Å². The molecular formula is C59H42N2. The number of benzene rings is 9. The van der Waals surface area contributed by atoms with E-state index in [9.17, 15) is 0 Å². The van der Waals surface area contributed by atoms with Gasteiger partial charge >= 0.3 is 0 Å². The Kier molecular flexibility index (Phi) is 8.86. The largest absolute Gasteiger partial charge is 0.228 e. The topological polar surface area (TPSA) is 25.8 Å². The van der Waals surface area contributed by atoms with Gasteiger partial charge in [0.15, 0.2) is 5.82 Å². The molecule has 0 amide bonds. The van der Waals surface area contributed by atoms with Crippen molar-refractivity contribution in [1.29, 1.82) is 0 Å². The third-order valence-electron chi connectivity index (χ3n) is 12.5. The average Bonchev–Trinajstić information content (AvgIpc) is 3.57. The number of aromatic nitrogens is 2. The van der Waals surface area contributed by atoms with E-state index in [-0.39, 0.29) is 5.41 Å². The van der Waals surface area contributed by atoms with Crippen molar-refractivity contribution in [3.8, 4) is 89.5 Å². The van der Waals surface area contributed by atoms with Crippen LogP contribution in [-0.2, 0) is 5.41 Å². The van der Waals surface area contributed by atoms with Gasteiger partial charge in [-0.05, 0) is 95.7 Å². The van der Waals surface area contributed by atoms with Crippen molar-refractivity contribution < 1.29 is 0 Å². The summed E-state index contributed by atoms with van der Waals surface area (Å²) < 4.78 is 0. The fourth-order valence-corrected chi connectivity index (χ4v) is 9.51. The molecule has 288 valence electrons. The SMILES string of the molecule is CC1(C)c2ccccc2-c2cccc(-c3cccc(-c4cccc(-c5ccc(-c6cc(-c7ccc(-c8ccccc8)cc7)nc(-c7ccccc7)n6)c6ccccc56)c4)c3)c21. The Labute approximate surface area is 357 Å². The number of nitrogens with zero attached hydrogens (tertiary/aromatic N) is 2. The van der Waals surface area contributed by atoms with Gasteiger partial charge in [0, 0.05) is 22.1 Å². The molecule has 61 heavy (non-hydrogen) atoms. The van der Waals surface area contributed by atoms with E-state index in [1.807, 2.05) is 18.2 Å². The molecule has 1 aromatic heterocycles. The van der Waals surface area contributed by atoms with Crippen molar-refractivity contribution in [2.24, 2.45) is 0 Å². The highest BCUT2D eigenvalue weighted by Crippen LogP contribution is 2.52. The first-order valence-electron chi connectivity index (χ1n) is 21.1. The molecule has 0 radical (unpaired) electrons. The minimum Gasteiger partial charge on any atom is -0.228 e. The van der Waals surface area contributed by atoms with Crippen LogP contribution >= 0.6 is 0 Å². The van der Waals surface area contributed by atoms with E-state index in [0.717, 1.165) is 33.5 Å². The molecule has 1 aliphatic rings. The third-order valence-corrected chi connectivity index (χ3v) is 12.5. The Morgan fingerprint density at radius 2 is 0.770 bits per heavy atom. The highest BCUT2D eigenvalue weighted by Gasteiger charge is 2.37. The summed E-state index contributed by atoms with van der Waals surface area (Å²) in [6.45, 7) is 4.72. The molecule has 1 aliphatic carbocycles. The fraction of sp³-hybridized carbons (Fsp3) is 0.0508. The van der Waals surface area contributed by atoms with Crippen LogP contribution in [0.3, 0.4) is 0 Å². The molecule has 9 aromatic carbocycles. The van der Waals surface area contributed by atoms with E-state index in [1.165, 1.54) is 72.1 Å². The Bertz CT molecular complexity index is 3250. The summed E-state index contributed by atoms with van der Waals surface area (Å²) >= 11 is 0. The standard InChI is InChI=1S/C59H42N2/c1-59(2)54-29-12-11-26-51(54)53-28-15-27-48(57(53)59)46-23-14-21-44(37-46)43-20-13-22-45(36-43)47-34-35-52(50-25-10-9-24-49(47)50)56-38-55(60-58(61-56)42-18-7-4-8-19-42)41-32-30-40(31-33-41)39-16-5-3-6-17-39/h3-38H,1-2H3. The zero-order chi connectivity index (χ0) is 40.9. The van der Waals surface area contributed by atoms with Crippen LogP contribution in [-0.4, -0.2) is 9.97 Å². The second-order valence-corrected chi connectivity index (χ2v) is 16.5. The van der Waals surface area contributed by atoms with Crippen molar-refractivity contribution in [2.45, 2.75) is 19.3 Å². The molecule has 0 spiro atoms. The predicted molar refractivity (Wildman–Crippen MR) is 255 cm³/mol. The molecular weight excluding hydrogens is 737 g/mol. The molecule has 2 heteroatoms. The number of fused-ring (bicyclic) bond motifs is 4. The quantitative estimate of drug-likeness (QED) is 0.161. The summed E-state index contributed by atoms with van der Waals surface area (Å²) in [7, 11) is 0. The average molecular weight is 779 g/mol.